The molecule has 0 amide bonds. The van der Waals surface area contributed by atoms with Crippen molar-refractivity contribution in [1.82, 2.24) is 0 Å². The lowest BCUT2D eigenvalue weighted by atomic mass is 10.1. The Balaban J connectivity index is 2.70. The van der Waals surface area contributed by atoms with Gasteiger partial charge in [0, 0.05) is 12.6 Å². The van der Waals surface area contributed by atoms with Gasteiger partial charge in [-0.05, 0) is 5.56 Å². The molecule has 0 saturated carbocycles. The minimum atomic E-state index is 0.584. The van der Waals surface area contributed by atoms with E-state index in [0.29, 0.717) is 12.1 Å². The minimum absolute atomic E-state index is 0.584. The molecule has 0 heterocycles. The molecule has 0 aliphatic heterocycles. The van der Waals surface area contributed by atoms with E-state index in [4.69, 9.17) is 11.3 Å². The van der Waals surface area contributed by atoms with E-state index < -0.39 is 0 Å². The molecule has 1 aromatic carbocycles. The van der Waals surface area contributed by atoms with Crippen molar-refractivity contribution in [3.05, 3.63) is 35.9 Å². The Hall–Kier alpha value is -1.64. The highest BCUT2D eigenvalue weighted by Gasteiger charge is 1.95. The number of benzene rings is 1. The maximum Gasteiger partial charge on any atom is 0.0819 e. The van der Waals surface area contributed by atoms with Gasteiger partial charge in [0.15, 0.2) is 0 Å². The zero-order valence-corrected chi connectivity index (χ0v) is 6.70. The van der Waals surface area contributed by atoms with Crippen molar-refractivity contribution in [2.75, 3.05) is 0 Å². The van der Waals surface area contributed by atoms with Gasteiger partial charge in [-0.3, -0.25) is 0 Å². The van der Waals surface area contributed by atoms with E-state index in [9.17, 15) is 0 Å². The Morgan fingerprint density at radius 2 is 2.08 bits per heavy atom. The number of nitrogens with zero attached hydrogens (tertiary/aromatic N) is 1. The normalized spacial score (nSPS) is 11.2. The fraction of sp³-hybridized carbons (Fsp3) is 0.111. The summed E-state index contributed by atoms with van der Waals surface area (Å²) in [6, 6.07) is 9.82. The first kappa shape index (κ1) is 8.46. The first-order chi connectivity index (χ1) is 5.86. The molecule has 1 aromatic rings. The standard InChI is InChI=1S/C9H11N3/c10-7-9(12-11)6-8-4-2-1-3-5-8/h1-5,7,10H,6,11H2/b10-7?,12-9-. The van der Waals surface area contributed by atoms with Gasteiger partial charge in [-0.1, -0.05) is 30.3 Å². The molecule has 0 radical (unpaired) electrons. The van der Waals surface area contributed by atoms with Gasteiger partial charge in [-0.2, -0.15) is 5.10 Å². The fourth-order valence-electron chi connectivity index (χ4n) is 0.939. The smallest absolute Gasteiger partial charge is 0.0819 e. The summed E-state index contributed by atoms with van der Waals surface area (Å²) in [6.45, 7) is 0. The van der Waals surface area contributed by atoms with Crippen LogP contribution >= 0.6 is 0 Å². The number of rotatable bonds is 3. The maximum atomic E-state index is 6.97. The van der Waals surface area contributed by atoms with Crippen LogP contribution in [0.5, 0.6) is 0 Å². The number of hydrogen-bond acceptors (Lipinski definition) is 3. The van der Waals surface area contributed by atoms with Crippen LogP contribution in [-0.4, -0.2) is 11.9 Å². The molecule has 0 bridgehead atoms. The monoisotopic (exact) mass is 161 g/mol. The molecular formula is C9H11N3. The van der Waals surface area contributed by atoms with Gasteiger partial charge in [-0.15, -0.1) is 0 Å². The molecule has 0 aromatic heterocycles. The van der Waals surface area contributed by atoms with Crippen LogP contribution in [0, 0.1) is 5.41 Å². The summed E-state index contributed by atoms with van der Waals surface area (Å²) in [7, 11) is 0. The van der Waals surface area contributed by atoms with E-state index in [1.807, 2.05) is 30.3 Å². The molecular weight excluding hydrogens is 150 g/mol. The summed E-state index contributed by atoms with van der Waals surface area (Å²) < 4.78 is 0. The van der Waals surface area contributed by atoms with Crippen molar-refractivity contribution in [1.29, 1.82) is 5.41 Å². The van der Waals surface area contributed by atoms with Crippen LogP contribution in [0.4, 0.5) is 0 Å². The SMILES string of the molecule is N=C/C(Cc1ccccc1)=N\N. The number of nitrogens with one attached hydrogen (secondary N) is 1. The molecule has 12 heavy (non-hydrogen) atoms. The Labute approximate surface area is 71.4 Å². The second-order valence-corrected chi connectivity index (χ2v) is 2.43. The quantitative estimate of drug-likeness (QED) is 0.390. The summed E-state index contributed by atoms with van der Waals surface area (Å²) in [5.74, 6) is 5.07. The topological polar surface area (TPSA) is 62.2 Å². The third-order valence-corrected chi connectivity index (χ3v) is 1.56. The maximum absolute atomic E-state index is 6.97. The van der Waals surface area contributed by atoms with Gasteiger partial charge in [-0.25, -0.2) is 0 Å². The average molecular weight is 161 g/mol. The molecule has 3 heteroatoms. The third kappa shape index (κ3) is 2.20. The van der Waals surface area contributed by atoms with Gasteiger partial charge >= 0.3 is 0 Å². The number of nitrogens with two attached hydrogens (primary N) is 1. The molecule has 0 spiro atoms. The van der Waals surface area contributed by atoms with Gasteiger partial charge in [0.2, 0.25) is 0 Å². The summed E-state index contributed by atoms with van der Waals surface area (Å²) >= 11 is 0. The predicted octanol–water partition coefficient (Wildman–Crippen LogP) is 1.19. The summed E-state index contributed by atoms with van der Waals surface area (Å²) in [4.78, 5) is 0. The van der Waals surface area contributed by atoms with E-state index >= 15 is 0 Å². The zero-order chi connectivity index (χ0) is 8.81. The van der Waals surface area contributed by atoms with Crippen LogP contribution in [0.1, 0.15) is 5.56 Å². The largest absolute Gasteiger partial charge is 0.323 e. The lowest BCUT2D eigenvalue weighted by Gasteiger charge is -1.97. The van der Waals surface area contributed by atoms with Crippen LogP contribution in [0.15, 0.2) is 35.4 Å². The Kier molecular flexibility index (Phi) is 3.02. The van der Waals surface area contributed by atoms with Crippen LogP contribution in [0.3, 0.4) is 0 Å². The highest BCUT2D eigenvalue weighted by Crippen LogP contribution is 1.99. The Morgan fingerprint density at radius 1 is 1.42 bits per heavy atom. The lowest BCUT2D eigenvalue weighted by molar-refractivity contribution is 1.21. The second-order valence-electron chi connectivity index (χ2n) is 2.43. The van der Waals surface area contributed by atoms with Gasteiger partial charge in [0.05, 0.1) is 5.71 Å². The molecule has 3 nitrogen and oxygen atoms in total. The van der Waals surface area contributed by atoms with E-state index in [1.165, 1.54) is 6.21 Å². The van der Waals surface area contributed by atoms with E-state index in [0.717, 1.165) is 5.56 Å². The zero-order valence-electron chi connectivity index (χ0n) is 6.70. The minimum Gasteiger partial charge on any atom is -0.323 e. The van der Waals surface area contributed by atoms with Gasteiger partial charge in [0.25, 0.3) is 0 Å². The summed E-state index contributed by atoms with van der Waals surface area (Å²) in [5, 5.41) is 10.4. The molecule has 3 N–H and O–H groups in total. The first-order valence-corrected chi connectivity index (χ1v) is 3.68. The van der Waals surface area contributed by atoms with Crippen molar-refractivity contribution >= 4 is 11.9 Å². The fourth-order valence-corrected chi connectivity index (χ4v) is 0.939. The van der Waals surface area contributed by atoms with Crippen LogP contribution in [0.25, 0.3) is 0 Å². The second kappa shape index (κ2) is 4.28. The van der Waals surface area contributed by atoms with Crippen molar-refractivity contribution in [2.45, 2.75) is 6.42 Å². The van der Waals surface area contributed by atoms with E-state index in [-0.39, 0.29) is 0 Å². The van der Waals surface area contributed by atoms with Crippen molar-refractivity contribution in [2.24, 2.45) is 10.9 Å². The molecule has 0 aliphatic carbocycles. The van der Waals surface area contributed by atoms with Crippen molar-refractivity contribution in [3.63, 3.8) is 0 Å². The Morgan fingerprint density at radius 3 is 2.58 bits per heavy atom. The summed E-state index contributed by atoms with van der Waals surface area (Å²) in [5.41, 5.74) is 1.70. The first-order valence-electron chi connectivity index (χ1n) is 3.68. The van der Waals surface area contributed by atoms with Crippen LogP contribution < -0.4 is 5.84 Å². The highest BCUT2D eigenvalue weighted by atomic mass is 15.1. The molecule has 0 fully saturated rings. The molecule has 0 atom stereocenters. The number of hydrazone groups is 1. The average Bonchev–Trinajstić information content (AvgIpc) is 2.16. The van der Waals surface area contributed by atoms with Crippen LogP contribution in [-0.2, 0) is 6.42 Å². The van der Waals surface area contributed by atoms with Gasteiger partial charge in [0.1, 0.15) is 0 Å². The number of hydrogen-bond donors (Lipinski definition) is 2. The molecule has 0 aliphatic rings. The molecule has 0 saturated heterocycles. The third-order valence-electron chi connectivity index (χ3n) is 1.56. The van der Waals surface area contributed by atoms with Crippen molar-refractivity contribution < 1.29 is 0 Å². The summed E-state index contributed by atoms with van der Waals surface area (Å²) in [6.07, 6.45) is 1.80. The van der Waals surface area contributed by atoms with E-state index in [1.54, 1.807) is 0 Å². The van der Waals surface area contributed by atoms with Crippen LogP contribution in [0.2, 0.25) is 0 Å². The molecule has 1 rings (SSSR count). The highest BCUT2D eigenvalue weighted by molar-refractivity contribution is 6.29. The Bertz CT molecular complexity index is 277. The lowest BCUT2D eigenvalue weighted by Crippen LogP contribution is -2.06. The van der Waals surface area contributed by atoms with Crippen molar-refractivity contribution in [3.8, 4) is 0 Å². The van der Waals surface area contributed by atoms with Gasteiger partial charge < -0.3 is 11.3 Å². The van der Waals surface area contributed by atoms with E-state index in [2.05, 4.69) is 5.10 Å². The predicted molar refractivity (Wildman–Crippen MR) is 50.6 cm³/mol. The molecule has 62 valence electrons. The molecule has 0 unspecified atom stereocenters.